The Hall–Kier alpha value is -1.48. The van der Waals surface area contributed by atoms with Gasteiger partial charge in [-0.1, -0.05) is 23.1 Å². The van der Waals surface area contributed by atoms with E-state index in [1.54, 1.807) is 6.92 Å². The maximum atomic E-state index is 11.5. The second-order valence-electron chi connectivity index (χ2n) is 3.05. The van der Waals surface area contributed by atoms with Crippen molar-refractivity contribution < 1.29 is 9.21 Å². The van der Waals surface area contributed by atoms with Gasteiger partial charge in [0.1, 0.15) is 5.01 Å². The summed E-state index contributed by atoms with van der Waals surface area (Å²) in [7, 11) is 0. The largest absolute Gasteiger partial charge is 0.416 e. The van der Waals surface area contributed by atoms with Gasteiger partial charge in [0.05, 0.1) is 5.75 Å². The number of hydrogen-bond donors (Lipinski definition) is 1. The topological polar surface area (TPSA) is 93.8 Å². The number of hydrogen-bond acceptors (Lipinski definition) is 8. The first-order valence-corrected chi connectivity index (χ1v) is 6.46. The van der Waals surface area contributed by atoms with Crippen molar-refractivity contribution in [2.24, 2.45) is 0 Å². The molecule has 0 atom stereocenters. The van der Waals surface area contributed by atoms with Crippen molar-refractivity contribution in [3.8, 4) is 0 Å². The highest BCUT2D eigenvalue weighted by molar-refractivity contribution is 7.99. The first kappa shape index (κ1) is 12.0. The van der Waals surface area contributed by atoms with Gasteiger partial charge in [0.2, 0.25) is 16.9 Å². The van der Waals surface area contributed by atoms with Gasteiger partial charge in [0, 0.05) is 6.92 Å². The summed E-state index contributed by atoms with van der Waals surface area (Å²) in [4.78, 5) is 11.5. The molecular weight excluding hydrogens is 262 g/mol. The quantitative estimate of drug-likeness (QED) is 0.837. The summed E-state index contributed by atoms with van der Waals surface area (Å²) < 4.78 is 5.12. The normalized spacial score (nSPS) is 10.5. The zero-order valence-electron chi connectivity index (χ0n) is 9.13. The Morgan fingerprint density at radius 1 is 1.35 bits per heavy atom. The van der Waals surface area contributed by atoms with Gasteiger partial charge < -0.3 is 4.42 Å². The maximum Gasteiger partial charge on any atom is 0.277 e. The monoisotopic (exact) mass is 271 g/mol. The Morgan fingerprint density at radius 2 is 2.18 bits per heavy atom. The first-order chi connectivity index (χ1) is 8.13. The predicted molar refractivity (Wildman–Crippen MR) is 63.0 cm³/mol. The summed E-state index contributed by atoms with van der Waals surface area (Å²) in [6, 6.07) is 0. The minimum Gasteiger partial charge on any atom is -0.416 e. The van der Waals surface area contributed by atoms with Crippen molar-refractivity contribution in [1.29, 1.82) is 0 Å². The molecule has 7 nitrogen and oxygen atoms in total. The van der Waals surface area contributed by atoms with Crippen LogP contribution >= 0.6 is 23.1 Å². The molecular formula is C8H9N5O2S2. The van der Waals surface area contributed by atoms with Crippen molar-refractivity contribution in [2.45, 2.75) is 19.1 Å². The van der Waals surface area contributed by atoms with Gasteiger partial charge in [-0.05, 0) is 6.92 Å². The van der Waals surface area contributed by atoms with E-state index in [-0.39, 0.29) is 11.7 Å². The van der Waals surface area contributed by atoms with Crippen LogP contribution in [0.15, 0.2) is 9.64 Å². The van der Waals surface area contributed by atoms with E-state index in [0.717, 1.165) is 5.01 Å². The number of rotatable bonds is 4. The second kappa shape index (κ2) is 5.23. The molecule has 2 rings (SSSR count). The molecule has 1 N–H and O–H groups in total. The van der Waals surface area contributed by atoms with Crippen LogP contribution in [0.1, 0.15) is 10.9 Å². The standard InChI is InChI=1S/C8H9N5O2S2/c1-4-10-13-8(15-4)16-3-6(14)9-7-12-11-5(2)17-7/h3H2,1-2H3,(H,9,12,14). The fraction of sp³-hybridized carbons (Fsp3) is 0.375. The lowest BCUT2D eigenvalue weighted by Gasteiger charge is -1.97. The van der Waals surface area contributed by atoms with E-state index in [9.17, 15) is 4.79 Å². The average molecular weight is 271 g/mol. The summed E-state index contributed by atoms with van der Waals surface area (Å²) in [5, 5.41) is 19.3. The number of nitrogens with zero attached hydrogens (tertiary/aromatic N) is 4. The molecule has 9 heteroatoms. The van der Waals surface area contributed by atoms with Crippen LogP contribution in [0.25, 0.3) is 0 Å². The summed E-state index contributed by atoms with van der Waals surface area (Å²) in [5.41, 5.74) is 0. The van der Waals surface area contributed by atoms with E-state index in [2.05, 4.69) is 25.7 Å². The average Bonchev–Trinajstić information content (AvgIpc) is 2.85. The molecule has 0 aromatic carbocycles. The summed E-state index contributed by atoms with van der Waals surface area (Å²) in [6.07, 6.45) is 0. The fourth-order valence-electron chi connectivity index (χ4n) is 0.966. The van der Waals surface area contributed by atoms with Crippen molar-refractivity contribution in [3.63, 3.8) is 0 Å². The molecule has 1 amide bonds. The lowest BCUT2D eigenvalue weighted by molar-refractivity contribution is -0.113. The smallest absolute Gasteiger partial charge is 0.277 e. The van der Waals surface area contributed by atoms with Crippen LogP contribution in [-0.4, -0.2) is 32.1 Å². The zero-order chi connectivity index (χ0) is 12.3. The molecule has 0 bridgehead atoms. The van der Waals surface area contributed by atoms with E-state index in [0.29, 0.717) is 16.2 Å². The summed E-state index contributed by atoms with van der Waals surface area (Å²) >= 11 is 2.51. The molecule has 0 aliphatic carbocycles. The molecule has 2 heterocycles. The molecule has 17 heavy (non-hydrogen) atoms. The highest BCUT2D eigenvalue weighted by atomic mass is 32.2. The van der Waals surface area contributed by atoms with E-state index >= 15 is 0 Å². The highest BCUT2D eigenvalue weighted by Crippen LogP contribution is 2.17. The molecule has 90 valence electrons. The van der Waals surface area contributed by atoms with Crippen LogP contribution < -0.4 is 5.32 Å². The van der Waals surface area contributed by atoms with Crippen molar-refractivity contribution in [2.75, 3.05) is 11.1 Å². The SMILES string of the molecule is Cc1nnc(SCC(=O)Nc2nnc(C)s2)o1. The van der Waals surface area contributed by atoms with Crippen LogP contribution in [0.5, 0.6) is 0 Å². The van der Waals surface area contributed by atoms with Crippen LogP contribution in [0.3, 0.4) is 0 Å². The van der Waals surface area contributed by atoms with Crippen LogP contribution in [0.2, 0.25) is 0 Å². The molecule has 0 radical (unpaired) electrons. The highest BCUT2D eigenvalue weighted by Gasteiger charge is 2.09. The van der Waals surface area contributed by atoms with Crippen molar-refractivity contribution >= 4 is 34.1 Å². The molecule has 0 spiro atoms. The number of aryl methyl sites for hydroxylation is 2. The van der Waals surface area contributed by atoms with Crippen LogP contribution in [-0.2, 0) is 4.79 Å². The number of carbonyl (C=O) groups excluding carboxylic acids is 1. The Balaban J connectivity index is 1.82. The number of amides is 1. The van der Waals surface area contributed by atoms with Crippen LogP contribution in [0, 0.1) is 13.8 Å². The lowest BCUT2D eigenvalue weighted by Crippen LogP contribution is -2.13. The van der Waals surface area contributed by atoms with Gasteiger partial charge in [-0.25, -0.2) is 0 Å². The number of anilines is 1. The predicted octanol–water partition coefficient (Wildman–Crippen LogP) is 1.27. The molecule has 0 fully saturated rings. The third-order valence-electron chi connectivity index (χ3n) is 1.61. The minimum absolute atomic E-state index is 0.179. The Morgan fingerprint density at radius 3 is 2.76 bits per heavy atom. The van der Waals surface area contributed by atoms with Crippen molar-refractivity contribution in [1.82, 2.24) is 20.4 Å². The van der Waals surface area contributed by atoms with Gasteiger partial charge in [-0.3, -0.25) is 10.1 Å². The number of carbonyl (C=O) groups is 1. The van der Waals surface area contributed by atoms with E-state index in [1.165, 1.54) is 23.1 Å². The fourth-order valence-corrected chi connectivity index (χ4v) is 2.18. The number of nitrogens with one attached hydrogen (secondary N) is 1. The molecule has 0 saturated carbocycles. The maximum absolute atomic E-state index is 11.5. The Bertz CT molecular complexity index is 523. The van der Waals surface area contributed by atoms with Crippen LogP contribution in [0.4, 0.5) is 5.13 Å². The van der Waals surface area contributed by atoms with Gasteiger partial charge >= 0.3 is 0 Å². The third kappa shape index (κ3) is 3.49. The summed E-state index contributed by atoms with van der Waals surface area (Å²) in [6.45, 7) is 3.52. The Labute approximate surface area is 105 Å². The Kier molecular flexibility index (Phi) is 3.69. The third-order valence-corrected chi connectivity index (χ3v) is 3.18. The van der Waals surface area contributed by atoms with Gasteiger partial charge in [-0.2, -0.15) is 0 Å². The van der Waals surface area contributed by atoms with E-state index in [1.807, 2.05) is 6.92 Å². The zero-order valence-corrected chi connectivity index (χ0v) is 10.8. The molecule has 0 saturated heterocycles. The van der Waals surface area contributed by atoms with Gasteiger partial charge in [-0.15, -0.1) is 20.4 Å². The van der Waals surface area contributed by atoms with Gasteiger partial charge in [0.15, 0.2) is 0 Å². The molecule has 0 aliphatic heterocycles. The number of aromatic nitrogens is 4. The molecule has 2 aromatic heterocycles. The lowest BCUT2D eigenvalue weighted by atomic mass is 10.7. The van der Waals surface area contributed by atoms with Crippen molar-refractivity contribution in [3.05, 3.63) is 10.9 Å². The van der Waals surface area contributed by atoms with E-state index in [4.69, 9.17) is 4.42 Å². The first-order valence-electron chi connectivity index (χ1n) is 4.66. The molecule has 2 aromatic rings. The number of thioether (sulfide) groups is 1. The minimum atomic E-state index is -0.179. The van der Waals surface area contributed by atoms with E-state index < -0.39 is 0 Å². The molecule has 0 unspecified atom stereocenters. The molecule has 0 aliphatic rings. The summed E-state index contributed by atoms with van der Waals surface area (Å²) in [5.74, 6) is 0.495. The second-order valence-corrected chi connectivity index (χ2v) is 5.16. The van der Waals surface area contributed by atoms with Gasteiger partial charge in [0.25, 0.3) is 5.22 Å².